The van der Waals surface area contributed by atoms with Crippen LogP contribution in [0.5, 0.6) is 23.0 Å². The van der Waals surface area contributed by atoms with Crippen molar-refractivity contribution in [2.45, 2.75) is 6.92 Å². The first kappa shape index (κ1) is 12.1. The zero-order chi connectivity index (χ0) is 52.4. The highest BCUT2D eigenvalue weighted by atomic mass is 16.5. The zero-order valence-electron chi connectivity index (χ0n) is 48.3. The molecule has 5 heteroatoms. The molecule has 0 aliphatic carbocycles. The fourth-order valence-electron chi connectivity index (χ4n) is 6.62. The first-order valence-electron chi connectivity index (χ1n) is 26.5. The molecule has 2 aromatic heterocycles. The summed E-state index contributed by atoms with van der Waals surface area (Å²) in [6.45, 7) is -0.299. The summed E-state index contributed by atoms with van der Waals surface area (Å²) in [6.07, 6.45) is 0. The van der Waals surface area contributed by atoms with E-state index in [1.54, 1.807) is 0 Å². The molecule has 4 nitrogen and oxygen atoms in total. The Bertz CT molecular complexity index is 4010. The van der Waals surface area contributed by atoms with E-state index in [4.69, 9.17) is 28.7 Å². The molecule has 0 fully saturated rings. The summed E-state index contributed by atoms with van der Waals surface area (Å²) in [4.78, 5) is 0. The number of fused-ring (bicyclic) bond motifs is 10. The van der Waals surface area contributed by atoms with Crippen molar-refractivity contribution >= 4 is 66.7 Å². The Morgan fingerprint density at radius 1 is 0.500 bits per heavy atom. The minimum Gasteiger partial charge on any atom is -0.458 e. The van der Waals surface area contributed by atoms with Gasteiger partial charge in [-0.25, -0.2) is 0 Å². The van der Waals surface area contributed by atoms with Crippen molar-refractivity contribution in [1.82, 2.24) is 9.13 Å². The monoisotopic (exact) mass is 638 g/mol. The SMILES string of the molecule is [2H]c1c([2H])c([2H])c2c(c1[2H])Oc1c([2H])c(-n3c4c([2H])c([2H])c([2H])c([2H])c4c4c([2H])c([2H])c([2H])c(-n5c6c([2H])c([2H])c([2H])c([2H])c6c6c([2H])c(C)c([2H])c([2H])c65)c43)c([2H])c3c1B2c1c([2H])c([2H])c([2H])c([2H])c1O3. The standard InChI is InChI=1S/C43H27BN2O2/c1-26-21-22-36-31(23-26)29-12-3-7-17-35(29)46(36)37-18-10-13-30-28-11-2-6-16-34(28)45(43(30)37)27-24-40-42-41(25-27)48-39-20-9-5-15-33(39)44(42)32-14-4-8-19-38(32)47-40/h2-25H,1H3/i2D,3D,4D,5D,6D,7D,8D,9D,10D,11D,12D,13D,14D,15D,16D,17D,18D,19D,20D,21D,22D,23D,24D,25D. The molecule has 0 spiro atoms. The molecule has 9 aromatic rings. The number of hydrogen-bond donors (Lipinski definition) is 0. The normalized spacial score (nSPS) is 20.0. The minimum absolute atomic E-state index is 0.0763. The van der Waals surface area contributed by atoms with Crippen molar-refractivity contribution in [3.05, 3.63) is 151 Å². The number of aromatic nitrogens is 2. The van der Waals surface area contributed by atoms with Gasteiger partial charge in [0.15, 0.2) is 0 Å². The lowest BCUT2D eigenvalue weighted by Gasteiger charge is -2.33. The molecule has 224 valence electrons. The largest absolute Gasteiger partial charge is 0.458 e. The van der Waals surface area contributed by atoms with E-state index < -0.39 is 219 Å². The van der Waals surface area contributed by atoms with E-state index in [0.717, 1.165) is 9.13 Å². The van der Waals surface area contributed by atoms with Gasteiger partial charge in [0, 0.05) is 39.1 Å². The molecule has 0 bridgehead atoms. The molecule has 2 aliphatic rings. The molecule has 4 heterocycles. The maximum atomic E-state index is 10.0. The van der Waals surface area contributed by atoms with Gasteiger partial charge in [-0.1, -0.05) is 96.2 Å². The molecular weight excluding hydrogens is 587 g/mol. The first-order valence-corrected chi connectivity index (χ1v) is 14.5. The van der Waals surface area contributed by atoms with Crippen LogP contribution in [-0.2, 0) is 0 Å². The Balaban J connectivity index is 1.44. The fraction of sp³-hybridized carbons (Fsp3) is 0.0233. The Morgan fingerprint density at radius 3 is 1.77 bits per heavy atom. The summed E-state index contributed by atoms with van der Waals surface area (Å²) in [6, 6.07) is -18.8. The van der Waals surface area contributed by atoms with E-state index in [-0.39, 0.29) is 32.7 Å². The van der Waals surface area contributed by atoms with Crippen LogP contribution in [-0.4, -0.2) is 15.8 Å². The van der Waals surface area contributed by atoms with Crippen LogP contribution in [0.1, 0.15) is 38.5 Å². The molecule has 0 unspecified atom stereocenters. The van der Waals surface area contributed by atoms with Gasteiger partial charge in [-0.2, -0.15) is 0 Å². The lowest BCUT2D eigenvalue weighted by atomic mass is 9.35. The second-order valence-electron chi connectivity index (χ2n) is 11.1. The molecule has 0 saturated carbocycles. The second-order valence-corrected chi connectivity index (χ2v) is 11.1. The predicted octanol–water partition coefficient (Wildman–Crippen LogP) is 8.92. The van der Waals surface area contributed by atoms with Crippen LogP contribution in [0.3, 0.4) is 0 Å². The highest BCUT2D eigenvalue weighted by molar-refractivity contribution is 6.98. The third kappa shape index (κ3) is 3.40. The summed E-state index contributed by atoms with van der Waals surface area (Å²) in [5.74, 6) is -2.45. The van der Waals surface area contributed by atoms with E-state index in [9.17, 15) is 13.7 Å². The van der Waals surface area contributed by atoms with E-state index in [0.29, 0.717) is 0 Å². The van der Waals surface area contributed by atoms with E-state index in [1.165, 1.54) is 6.92 Å². The van der Waals surface area contributed by atoms with Gasteiger partial charge in [-0.3, -0.25) is 0 Å². The molecule has 0 atom stereocenters. The summed E-state index contributed by atoms with van der Waals surface area (Å²) < 4.78 is 232. The van der Waals surface area contributed by atoms with Crippen molar-refractivity contribution in [1.29, 1.82) is 0 Å². The Morgan fingerprint density at radius 2 is 1.06 bits per heavy atom. The number of ether oxygens (including phenoxy) is 2. The Hall–Kier alpha value is -6.20. The molecular formula is C43H27BN2O2. The molecule has 7 aromatic carbocycles. The highest BCUT2D eigenvalue weighted by Gasteiger charge is 2.40. The quantitative estimate of drug-likeness (QED) is 0.177. The molecule has 11 rings (SSSR count). The first-order chi connectivity index (χ1) is 33.7. The number of benzene rings is 7. The molecule has 2 aliphatic heterocycles. The number of hydrogen-bond acceptors (Lipinski definition) is 2. The predicted molar refractivity (Wildman–Crippen MR) is 198 cm³/mol. The van der Waals surface area contributed by atoms with Gasteiger partial charge >= 0.3 is 0 Å². The average Bonchev–Trinajstić information content (AvgIpc) is 3.90. The number of nitrogens with zero attached hydrogens (tertiary/aromatic N) is 2. The third-order valence-corrected chi connectivity index (χ3v) is 8.51. The van der Waals surface area contributed by atoms with Gasteiger partial charge in [0.2, 0.25) is 0 Å². The van der Waals surface area contributed by atoms with E-state index in [1.807, 2.05) is 0 Å². The lowest BCUT2D eigenvalue weighted by molar-refractivity contribution is 0.464. The van der Waals surface area contributed by atoms with Crippen LogP contribution in [0, 0.1) is 6.92 Å². The Labute approximate surface area is 310 Å². The minimum atomic E-state index is -1.64. The van der Waals surface area contributed by atoms with Crippen molar-refractivity contribution in [3.63, 3.8) is 0 Å². The zero-order valence-corrected chi connectivity index (χ0v) is 24.3. The van der Waals surface area contributed by atoms with Gasteiger partial charge in [-0.05, 0) is 60.1 Å². The van der Waals surface area contributed by atoms with Crippen LogP contribution in [0.15, 0.2) is 145 Å². The maximum Gasteiger partial charge on any atom is 0.260 e. The maximum absolute atomic E-state index is 10.0. The Kier molecular flexibility index (Phi) is 2.38. The molecule has 0 amide bonds. The third-order valence-electron chi connectivity index (χ3n) is 8.51. The lowest BCUT2D eigenvalue weighted by Crippen LogP contribution is -2.57. The fourth-order valence-corrected chi connectivity index (χ4v) is 6.62. The van der Waals surface area contributed by atoms with Crippen LogP contribution in [0.4, 0.5) is 0 Å². The highest BCUT2D eigenvalue weighted by Crippen LogP contribution is 2.42. The van der Waals surface area contributed by atoms with Crippen molar-refractivity contribution in [3.8, 4) is 34.4 Å². The van der Waals surface area contributed by atoms with Crippen molar-refractivity contribution < 1.29 is 42.4 Å². The van der Waals surface area contributed by atoms with Gasteiger partial charge in [0.05, 0.1) is 66.3 Å². The van der Waals surface area contributed by atoms with Crippen LogP contribution < -0.4 is 25.9 Å². The van der Waals surface area contributed by atoms with Gasteiger partial charge < -0.3 is 18.6 Å². The molecule has 0 saturated heterocycles. The summed E-state index contributed by atoms with van der Waals surface area (Å²) >= 11 is 0. The molecule has 48 heavy (non-hydrogen) atoms. The summed E-state index contributed by atoms with van der Waals surface area (Å²) in [5, 5.41) is -1.72. The van der Waals surface area contributed by atoms with Crippen LogP contribution in [0.25, 0.3) is 55.0 Å². The van der Waals surface area contributed by atoms with Crippen LogP contribution in [0.2, 0.25) is 0 Å². The average molecular weight is 639 g/mol. The van der Waals surface area contributed by atoms with Gasteiger partial charge in [-0.15, -0.1) is 0 Å². The van der Waals surface area contributed by atoms with E-state index >= 15 is 0 Å². The number of para-hydroxylation sites is 5. The second kappa shape index (κ2) is 9.43. The van der Waals surface area contributed by atoms with Crippen molar-refractivity contribution in [2.75, 3.05) is 0 Å². The summed E-state index contributed by atoms with van der Waals surface area (Å²) in [5.41, 5.74) is -4.70. The number of rotatable bonds is 2. The topological polar surface area (TPSA) is 28.3 Å². The van der Waals surface area contributed by atoms with Crippen molar-refractivity contribution in [2.24, 2.45) is 0 Å². The smallest absolute Gasteiger partial charge is 0.260 e. The van der Waals surface area contributed by atoms with E-state index in [2.05, 4.69) is 0 Å². The van der Waals surface area contributed by atoms with Gasteiger partial charge in [0.25, 0.3) is 6.71 Å². The molecule has 0 radical (unpaired) electrons. The molecule has 0 N–H and O–H groups in total. The van der Waals surface area contributed by atoms with Crippen LogP contribution >= 0.6 is 0 Å². The summed E-state index contributed by atoms with van der Waals surface area (Å²) in [7, 11) is 0. The van der Waals surface area contributed by atoms with Gasteiger partial charge in [0.1, 0.15) is 23.0 Å².